The summed E-state index contributed by atoms with van der Waals surface area (Å²) in [5, 5.41) is 8.85. The normalized spacial score (nSPS) is 10.7. The van der Waals surface area contributed by atoms with Crippen molar-refractivity contribution in [2.45, 2.75) is 27.2 Å². The van der Waals surface area contributed by atoms with Gasteiger partial charge in [0.15, 0.2) is 18.2 Å². The first-order chi connectivity index (χ1) is 21.7. The summed E-state index contributed by atoms with van der Waals surface area (Å²) in [6.45, 7) is 5.21. The van der Waals surface area contributed by atoms with Crippen molar-refractivity contribution in [2.24, 2.45) is 0 Å². The molecule has 2 aromatic heterocycles. The summed E-state index contributed by atoms with van der Waals surface area (Å²) in [5.74, 6) is 0.193. The Bertz CT molecular complexity index is 1740. The average molecular weight is 637 g/mol. The first-order valence-electron chi connectivity index (χ1n) is 14.4. The van der Waals surface area contributed by atoms with Crippen LogP contribution in [0.1, 0.15) is 57.7 Å². The number of thiophene rings is 2. The van der Waals surface area contributed by atoms with Gasteiger partial charge in [-0.25, -0.2) is 4.79 Å². The third kappa shape index (κ3) is 7.84. The molecule has 0 aliphatic carbocycles. The third-order valence-corrected chi connectivity index (χ3v) is 9.67. The van der Waals surface area contributed by atoms with Crippen LogP contribution in [0.15, 0.2) is 103 Å². The molecule has 0 fully saturated rings. The largest absolute Gasteiger partial charge is 0.489 e. The fourth-order valence-electron chi connectivity index (χ4n) is 4.84. The van der Waals surface area contributed by atoms with E-state index in [1.54, 1.807) is 38.1 Å². The zero-order valence-corrected chi connectivity index (χ0v) is 26.8. The minimum atomic E-state index is -1.03. The van der Waals surface area contributed by atoms with Gasteiger partial charge in [-0.2, -0.15) is 0 Å². The highest BCUT2D eigenvalue weighted by molar-refractivity contribution is 7.17. The second-order valence-corrected chi connectivity index (χ2v) is 12.5. The topological polar surface area (TPSA) is 89.9 Å². The van der Waals surface area contributed by atoms with Crippen molar-refractivity contribution < 1.29 is 29.0 Å². The molecular formula is C37H32O6S2. The number of benzene rings is 3. The van der Waals surface area contributed by atoms with Crippen molar-refractivity contribution >= 4 is 45.8 Å². The van der Waals surface area contributed by atoms with E-state index in [0.29, 0.717) is 18.1 Å². The molecule has 0 saturated heterocycles. The highest BCUT2D eigenvalue weighted by Gasteiger charge is 2.15. The van der Waals surface area contributed by atoms with Crippen LogP contribution in [0, 0.1) is 0 Å². The van der Waals surface area contributed by atoms with Gasteiger partial charge in [0.2, 0.25) is 0 Å². The predicted molar refractivity (Wildman–Crippen MR) is 181 cm³/mol. The molecule has 6 nitrogen and oxygen atoms in total. The van der Waals surface area contributed by atoms with E-state index in [0.717, 1.165) is 59.3 Å². The number of Topliss-reactive ketones (excluding diaryl/α,β-unsaturated/α-hetero) is 2. The first-order valence-corrected chi connectivity index (χ1v) is 16.1. The standard InChI is InChI=1S/C37H32O6S2/c1-4-25(21-42-30-13-15-31(16-14-30)43-22-36(40)41)37(28-9-5-26(6-10-28)34-19-17-32(44-34)23(2)38)29-11-7-27(8-12-29)35-20-18-33(45-35)24(3)39/h5-20H,4,21-22H2,1-3H3,(H,40,41). The molecule has 0 saturated carbocycles. The van der Waals surface area contributed by atoms with Crippen molar-refractivity contribution in [3.8, 4) is 32.4 Å². The van der Waals surface area contributed by atoms with E-state index >= 15 is 0 Å². The zero-order valence-electron chi connectivity index (χ0n) is 25.2. The van der Waals surface area contributed by atoms with Crippen LogP contribution in [0.25, 0.3) is 26.5 Å². The van der Waals surface area contributed by atoms with Gasteiger partial charge in [-0.3, -0.25) is 9.59 Å². The number of carbonyl (C=O) groups excluding carboxylic acids is 2. The molecular weight excluding hydrogens is 605 g/mol. The molecule has 45 heavy (non-hydrogen) atoms. The Hall–Kier alpha value is -4.79. The lowest BCUT2D eigenvalue weighted by Gasteiger charge is -2.17. The third-order valence-electron chi connectivity index (χ3n) is 7.20. The van der Waals surface area contributed by atoms with Crippen LogP contribution in [0.2, 0.25) is 0 Å². The van der Waals surface area contributed by atoms with Crippen molar-refractivity contribution in [3.05, 3.63) is 124 Å². The van der Waals surface area contributed by atoms with Gasteiger partial charge < -0.3 is 14.6 Å². The van der Waals surface area contributed by atoms with E-state index in [1.165, 1.54) is 22.7 Å². The van der Waals surface area contributed by atoms with Crippen LogP contribution in [0.5, 0.6) is 11.5 Å². The maximum atomic E-state index is 11.8. The number of hydrogen-bond acceptors (Lipinski definition) is 7. The molecule has 0 radical (unpaired) electrons. The highest BCUT2D eigenvalue weighted by atomic mass is 32.1. The first kappa shape index (κ1) is 31.6. The highest BCUT2D eigenvalue weighted by Crippen LogP contribution is 2.35. The quantitative estimate of drug-likeness (QED) is 0.130. The Labute approximate surface area is 270 Å². The summed E-state index contributed by atoms with van der Waals surface area (Å²) in [6.07, 6.45) is 0.748. The Morgan fingerprint density at radius 1 is 0.600 bits per heavy atom. The molecule has 1 N–H and O–H groups in total. The SMILES string of the molecule is CCC(COc1ccc(OCC(=O)O)cc1)=C(c1ccc(-c2ccc(C(C)=O)s2)cc1)c1ccc(-c2ccc(C(C)=O)s2)cc1. The predicted octanol–water partition coefficient (Wildman–Crippen LogP) is 9.30. The number of carboxylic acids is 1. The Morgan fingerprint density at radius 3 is 1.38 bits per heavy atom. The van der Waals surface area contributed by atoms with Gasteiger partial charge in [-0.05, 0) is 102 Å². The van der Waals surface area contributed by atoms with Gasteiger partial charge in [0.1, 0.15) is 18.1 Å². The van der Waals surface area contributed by atoms with Gasteiger partial charge in [0.05, 0.1) is 9.75 Å². The lowest BCUT2D eigenvalue weighted by atomic mass is 9.91. The fourth-order valence-corrected chi connectivity index (χ4v) is 6.65. The lowest BCUT2D eigenvalue weighted by Crippen LogP contribution is -2.09. The number of carbonyl (C=O) groups is 3. The van der Waals surface area contributed by atoms with E-state index in [2.05, 4.69) is 55.5 Å². The summed E-state index contributed by atoms with van der Waals surface area (Å²) in [7, 11) is 0. The van der Waals surface area contributed by atoms with Gasteiger partial charge in [0, 0.05) is 9.75 Å². The summed E-state index contributed by atoms with van der Waals surface area (Å²) >= 11 is 2.98. The maximum absolute atomic E-state index is 11.8. The Balaban J connectivity index is 1.46. The van der Waals surface area contributed by atoms with Gasteiger partial charge in [-0.15, -0.1) is 22.7 Å². The molecule has 0 spiro atoms. The fraction of sp³-hybridized carbons (Fsp3) is 0.162. The summed E-state index contributed by atoms with van der Waals surface area (Å²) in [4.78, 5) is 38.0. The molecule has 0 amide bonds. The van der Waals surface area contributed by atoms with Crippen LogP contribution in [-0.4, -0.2) is 35.9 Å². The van der Waals surface area contributed by atoms with Crippen molar-refractivity contribution in [1.82, 2.24) is 0 Å². The van der Waals surface area contributed by atoms with E-state index in [-0.39, 0.29) is 11.6 Å². The van der Waals surface area contributed by atoms with Gasteiger partial charge in [-0.1, -0.05) is 55.5 Å². The maximum Gasteiger partial charge on any atom is 0.341 e. The summed E-state index contributed by atoms with van der Waals surface area (Å²) in [6, 6.07) is 31.4. The minimum Gasteiger partial charge on any atom is -0.489 e. The van der Waals surface area contributed by atoms with E-state index in [1.807, 2.05) is 24.3 Å². The monoisotopic (exact) mass is 636 g/mol. The molecule has 0 unspecified atom stereocenters. The van der Waals surface area contributed by atoms with Crippen molar-refractivity contribution in [1.29, 1.82) is 0 Å². The van der Waals surface area contributed by atoms with Crippen LogP contribution < -0.4 is 9.47 Å². The number of carboxylic acid groups (broad SMARTS) is 1. The van der Waals surface area contributed by atoms with Crippen molar-refractivity contribution in [2.75, 3.05) is 13.2 Å². The Kier molecular flexibility index (Phi) is 10.1. The minimum absolute atomic E-state index is 0.0617. The van der Waals surface area contributed by atoms with Crippen LogP contribution in [0.3, 0.4) is 0 Å². The molecule has 0 bridgehead atoms. The summed E-state index contributed by atoms with van der Waals surface area (Å²) in [5.41, 5.74) is 6.36. The average Bonchev–Trinajstić information content (AvgIpc) is 3.75. The summed E-state index contributed by atoms with van der Waals surface area (Å²) < 4.78 is 11.4. The molecule has 0 aliphatic rings. The number of rotatable bonds is 13. The van der Waals surface area contributed by atoms with Gasteiger partial charge in [0.25, 0.3) is 0 Å². The van der Waals surface area contributed by atoms with E-state index in [9.17, 15) is 14.4 Å². The van der Waals surface area contributed by atoms with Crippen LogP contribution in [-0.2, 0) is 4.79 Å². The zero-order chi connectivity index (χ0) is 31.9. The number of ether oxygens (including phenoxy) is 2. The molecule has 0 atom stereocenters. The molecule has 8 heteroatoms. The molecule has 0 aliphatic heterocycles. The molecule has 228 valence electrons. The molecule has 5 rings (SSSR count). The van der Waals surface area contributed by atoms with E-state index < -0.39 is 12.6 Å². The molecule has 5 aromatic rings. The van der Waals surface area contributed by atoms with E-state index in [4.69, 9.17) is 14.6 Å². The Morgan fingerprint density at radius 2 is 1.02 bits per heavy atom. The van der Waals surface area contributed by atoms with Crippen LogP contribution >= 0.6 is 22.7 Å². The second kappa shape index (κ2) is 14.3. The van der Waals surface area contributed by atoms with Crippen molar-refractivity contribution in [3.63, 3.8) is 0 Å². The number of ketones is 2. The molecule has 2 heterocycles. The smallest absolute Gasteiger partial charge is 0.341 e. The number of hydrogen-bond donors (Lipinski definition) is 1. The number of aliphatic carboxylic acids is 1. The van der Waals surface area contributed by atoms with Crippen LogP contribution in [0.4, 0.5) is 0 Å². The second-order valence-electron chi connectivity index (χ2n) is 10.4. The molecule has 3 aromatic carbocycles. The van der Waals surface area contributed by atoms with Gasteiger partial charge >= 0.3 is 5.97 Å². The lowest BCUT2D eigenvalue weighted by molar-refractivity contribution is -0.139.